The fourth-order valence-electron chi connectivity index (χ4n) is 1.78. The molecule has 0 amide bonds. The first-order valence-corrected chi connectivity index (χ1v) is 6.39. The van der Waals surface area contributed by atoms with Gasteiger partial charge in [-0.05, 0) is 35.9 Å². The van der Waals surface area contributed by atoms with Crippen molar-refractivity contribution in [3.8, 4) is 11.5 Å². The van der Waals surface area contributed by atoms with Crippen LogP contribution in [0.1, 0.15) is 21.9 Å². The van der Waals surface area contributed by atoms with Gasteiger partial charge in [0.25, 0.3) is 0 Å². The van der Waals surface area contributed by atoms with E-state index >= 15 is 0 Å². The topological polar surface area (TPSA) is 96.3 Å². The van der Waals surface area contributed by atoms with Crippen LogP contribution in [-0.4, -0.2) is 26.4 Å². The van der Waals surface area contributed by atoms with Crippen LogP contribution in [0, 0.1) is 0 Å². The lowest BCUT2D eigenvalue weighted by atomic mass is 10.2. The fraction of sp³-hybridized carbons (Fsp3) is 0.200. The number of hydrogen-bond donors (Lipinski definition) is 1. The molecule has 2 N–H and O–H groups in total. The smallest absolute Gasteiger partial charge is 0.373 e. The van der Waals surface area contributed by atoms with Crippen LogP contribution >= 0.6 is 0 Å². The maximum absolute atomic E-state index is 11.3. The summed E-state index contributed by atoms with van der Waals surface area (Å²) in [5.74, 6) is 6.27. The highest BCUT2D eigenvalue weighted by Gasteiger charge is 2.12. The van der Waals surface area contributed by atoms with E-state index in [-0.39, 0.29) is 12.4 Å². The Morgan fingerprint density at radius 3 is 2.77 bits per heavy atom. The van der Waals surface area contributed by atoms with Gasteiger partial charge in [-0.25, -0.2) is 4.79 Å². The number of esters is 1. The van der Waals surface area contributed by atoms with Gasteiger partial charge in [0.2, 0.25) is 5.76 Å². The molecule has 7 heteroatoms. The van der Waals surface area contributed by atoms with Crippen molar-refractivity contribution in [2.24, 2.45) is 10.9 Å². The molecule has 0 unspecified atom stereocenters. The maximum Gasteiger partial charge on any atom is 0.373 e. The zero-order valence-corrected chi connectivity index (χ0v) is 12.2. The number of carbonyl (C=O) groups excluding carboxylic acids is 1. The highest BCUT2D eigenvalue weighted by molar-refractivity contribution is 5.86. The summed E-state index contributed by atoms with van der Waals surface area (Å²) in [7, 11) is 2.83. The van der Waals surface area contributed by atoms with Gasteiger partial charge in [-0.3, -0.25) is 0 Å². The van der Waals surface area contributed by atoms with E-state index in [1.54, 1.807) is 24.3 Å². The number of hydrazone groups is 1. The Morgan fingerprint density at radius 2 is 2.09 bits per heavy atom. The van der Waals surface area contributed by atoms with Gasteiger partial charge in [-0.2, -0.15) is 5.10 Å². The Kier molecular flexibility index (Phi) is 5.02. The number of carbonyl (C=O) groups is 1. The van der Waals surface area contributed by atoms with E-state index in [2.05, 4.69) is 9.84 Å². The second-order valence-corrected chi connectivity index (χ2v) is 4.23. The highest BCUT2D eigenvalue weighted by atomic mass is 16.5. The summed E-state index contributed by atoms with van der Waals surface area (Å²) >= 11 is 0. The molecule has 116 valence electrons. The number of nitrogens with two attached hydrogens (primary N) is 1. The Hall–Kier alpha value is -2.96. The van der Waals surface area contributed by atoms with Gasteiger partial charge in [0.15, 0.2) is 11.5 Å². The van der Waals surface area contributed by atoms with Crippen LogP contribution in [0.25, 0.3) is 0 Å². The van der Waals surface area contributed by atoms with Gasteiger partial charge in [-0.1, -0.05) is 0 Å². The van der Waals surface area contributed by atoms with Crippen molar-refractivity contribution in [2.75, 3.05) is 14.2 Å². The van der Waals surface area contributed by atoms with Crippen LogP contribution in [0.3, 0.4) is 0 Å². The molecule has 0 saturated carbocycles. The average Bonchev–Trinajstić information content (AvgIpc) is 3.02. The molecule has 0 aliphatic rings. The molecule has 0 spiro atoms. The number of hydrogen-bond acceptors (Lipinski definition) is 7. The Balaban J connectivity index is 2.07. The van der Waals surface area contributed by atoms with E-state index < -0.39 is 5.97 Å². The molecule has 2 aromatic rings. The number of rotatable bonds is 6. The normalized spacial score (nSPS) is 10.6. The van der Waals surface area contributed by atoms with E-state index in [0.29, 0.717) is 17.3 Å². The molecule has 0 saturated heterocycles. The van der Waals surface area contributed by atoms with Gasteiger partial charge in [0.1, 0.15) is 12.4 Å². The summed E-state index contributed by atoms with van der Waals surface area (Å²) in [5.41, 5.74) is 0.790. The first-order valence-electron chi connectivity index (χ1n) is 6.39. The lowest BCUT2D eigenvalue weighted by Gasteiger charge is -2.10. The summed E-state index contributed by atoms with van der Waals surface area (Å²) in [6, 6.07) is 8.45. The van der Waals surface area contributed by atoms with Gasteiger partial charge >= 0.3 is 5.97 Å². The second-order valence-electron chi connectivity index (χ2n) is 4.23. The van der Waals surface area contributed by atoms with E-state index in [1.807, 2.05) is 0 Å². The van der Waals surface area contributed by atoms with Crippen molar-refractivity contribution >= 4 is 12.2 Å². The molecular weight excluding hydrogens is 288 g/mol. The summed E-state index contributed by atoms with van der Waals surface area (Å²) in [6.07, 6.45) is 1.50. The van der Waals surface area contributed by atoms with Crippen LogP contribution in [-0.2, 0) is 11.3 Å². The first kappa shape index (κ1) is 15.4. The average molecular weight is 304 g/mol. The third-order valence-corrected chi connectivity index (χ3v) is 2.83. The molecule has 1 heterocycles. The van der Waals surface area contributed by atoms with Gasteiger partial charge in [-0.15, -0.1) is 0 Å². The third kappa shape index (κ3) is 3.57. The van der Waals surface area contributed by atoms with Crippen molar-refractivity contribution in [1.29, 1.82) is 0 Å². The minimum Gasteiger partial charge on any atom is -0.493 e. The van der Waals surface area contributed by atoms with Crippen molar-refractivity contribution in [3.05, 3.63) is 47.4 Å². The van der Waals surface area contributed by atoms with Crippen LogP contribution in [0.5, 0.6) is 11.5 Å². The summed E-state index contributed by atoms with van der Waals surface area (Å²) in [5, 5.41) is 3.45. The van der Waals surface area contributed by atoms with Crippen LogP contribution in [0.4, 0.5) is 0 Å². The standard InChI is InChI=1S/C15H16N2O5/c1-19-14-7-10(8-17-16)3-5-12(14)21-9-11-4-6-13(22-11)15(18)20-2/h3-8H,9,16H2,1-2H3. The van der Waals surface area contributed by atoms with Gasteiger partial charge in [0.05, 0.1) is 20.4 Å². The zero-order chi connectivity index (χ0) is 15.9. The minimum absolute atomic E-state index is 0.127. The quantitative estimate of drug-likeness (QED) is 0.379. The highest BCUT2D eigenvalue weighted by Crippen LogP contribution is 2.28. The molecule has 7 nitrogen and oxygen atoms in total. The summed E-state index contributed by atoms with van der Waals surface area (Å²) in [4.78, 5) is 11.3. The molecule has 0 atom stereocenters. The molecule has 0 radical (unpaired) electrons. The van der Waals surface area contributed by atoms with Gasteiger partial charge < -0.3 is 24.5 Å². The van der Waals surface area contributed by atoms with Crippen LogP contribution in [0.15, 0.2) is 39.9 Å². The van der Waals surface area contributed by atoms with Crippen LogP contribution < -0.4 is 15.3 Å². The molecule has 22 heavy (non-hydrogen) atoms. The van der Waals surface area contributed by atoms with Crippen molar-refractivity contribution in [1.82, 2.24) is 0 Å². The lowest BCUT2D eigenvalue weighted by molar-refractivity contribution is 0.0561. The van der Waals surface area contributed by atoms with Crippen LogP contribution in [0.2, 0.25) is 0 Å². The van der Waals surface area contributed by atoms with Crippen molar-refractivity contribution in [2.45, 2.75) is 6.61 Å². The van der Waals surface area contributed by atoms with E-state index in [4.69, 9.17) is 19.7 Å². The number of furan rings is 1. The van der Waals surface area contributed by atoms with Crippen molar-refractivity contribution < 1.29 is 23.4 Å². The third-order valence-electron chi connectivity index (χ3n) is 2.83. The van der Waals surface area contributed by atoms with E-state index in [0.717, 1.165) is 5.56 Å². The van der Waals surface area contributed by atoms with Gasteiger partial charge in [0, 0.05) is 0 Å². The molecule has 0 fully saturated rings. The molecule has 1 aromatic heterocycles. The number of ether oxygens (including phenoxy) is 3. The molecule has 0 bridgehead atoms. The molecule has 2 rings (SSSR count). The molecule has 0 aliphatic heterocycles. The Morgan fingerprint density at radius 1 is 1.27 bits per heavy atom. The minimum atomic E-state index is -0.533. The molecule has 1 aromatic carbocycles. The SMILES string of the molecule is COC(=O)c1ccc(COc2ccc(C=NN)cc2OC)o1. The fourth-order valence-corrected chi connectivity index (χ4v) is 1.78. The largest absolute Gasteiger partial charge is 0.493 e. The number of benzene rings is 1. The Bertz CT molecular complexity index is 678. The first-order chi connectivity index (χ1) is 10.7. The molecular formula is C15H16N2O5. The second kappa shape index (κ2) is 7.16. The van der Waals surface area contributed by atoms with Crippen molar-refractivity contribution in [3.63, 3.8) is 0 Å². The Labute approximate surface area is 127 Å². The summed E-state index contributed by atoms with van der Waals surface area (Å²) < 4.78 is 20.8. The lowest BCUT2D eigenvalue weighted by Crippen LogP contribution is -1.99. The summed E-state index contributed by atoms with van der Waals surface area (Å²) in [6.45, 7) is 0.150. The van der Waals surface area contributed by atoms with E-state index in [1.165, 1.54) is 26.5 Å². The predicted molar refractivity (Wildman–Crippen MR) is 79.2 cm³/mol. The molecule has 0 aliphatic carbocycles. The maximum atomic E-state index is 11.3. The predicted octanol–water partition coefficient (Wildman–Crippen LogP) is 1.95. The van der Waals surface area contributed by atoms with E-state index in [9.17, 15) is 4.79 Å². The monoisotopic (exact) mass is 304 g/mol. The number of nitrogens with zero attached hydrogens (tertiary/aromatic N) is 1. The number of methoxy groups -OCH3 is 2. The zero-order valence-electron chi connectivity index (χ0n) is 12.2.